The van der Waals surface area contributed by atoms with Crippen LogP contribution in [0.15, 0.2) is 0 Å². The van der Waals surface area contributed by atoms with Gasteiger partial charge >= 0.3 is 17.9 Å². The van der Waals surface area contributed by atoms with Crippen molar-refractivity contribution in [3.05, 3.63) is 0 Å². The average molecular weight is 600 g/mol. The summed E-state index contributed by atoms with van der Waals surface area (Å²) in [5, 5.41) is 1.85. The third kappa shape index (κ3) is 18.4. The van der Waals surface area contributed by atoms with Gasteiger partial charge in [0.15, 0.2) is 0 Å². The molecule has 0 rings (SSSR count). The van der Waals surface area contributed by atoms with Crippen molar-refractivity contribution in [2.75, 3.05) is 30.5 Å². The molecule has 0 saturated carbocycles. The van der Waals surface area contributed by atoms with Crippen LogP contribution in [0.25, 0.3) is 0 Å². The highest BCUT2D eigenvalue weighted by Gasteiger charge is 2.34. The second-order valence-corrected chi connectivity index (χ2v) is 10.2. The van der Waals surface area contributed by atoms with Gasteiger partial charge in [-0.2, -0.15) is 0 Å². The van der Waals surface area contributed by atoms with Gasteiger partial charge in [0.05, 0.1) is 5.41 Å². The minimum Gasteiger partial charge on any atom is -0.465 e. The Morgan fingerprint density at radius 1 is 0.576 bits per heavy atom. The summed E-state index contributed by atoms with van der Waals surface area (Å²) in [4.78, 5) is 36.6. The zero-order valence-corrected chi connectivity index (χ0v) is 23.8. The molecule has 0 aromatic carbocycles. The molecule has 0 aliphatic heterocycles. The highest BCUT2D eigenvalue weighted by molar-refractivity contribution is 9.09. The van der Waals surface area contributed by atoms with Gasteiger partial charge in [0, 0.05) is 29.9 Å². The Labute approximate surface area is 217 Å². The normalized spacial score (nSPS) is 11.3. The first-order valence-corrected chi connectivity index (χ1v) is 14.8. The molecular formula is C25H44Br2O6. The Morgan fingerprint density at radius 2 is 0.939 bits per heavy atom. The van der Waals surface area contributed by atoms with E-state index in [2.05, 4.69) is 38.8 Å². The lowest BCUT2D eigenvalue weighted by atomic mass is 9.88. The maximum atomic E-state index is 12.2. The molecule has 0 aromatic heterocycles. The fraction of sp³-hybridized carbons (Fsp3) is 0.880. The van der Waals surface area contributed by atoms with Crippen LogP contribution in [-0.2, 0) is 28.6 Å². The molecule has 0 spiro atoms. The summed E-state index contributed by atoms with van der Waals surface area (Å²) in [5.41, 5.74) is -0.726. The molecule has 0 atom stereocenters. The second-order valence-electron chi connectivity index (χ2n) is 8.65. The number of unbranched alkanes of at least 4 members (excludes halogenated alkanes) is 7. The van der Waals surface area contributed by atoms with Crippen LogP contribution in [0.1, 0.15) is 104 Å². The molecule has 0 unspecified atom stereocenters. The van der Waals surface area contributed by atoms with Crippen molar-refractivity contribution in [3.63, 3.8) is 0 Å². The Morgan fingerprint density at radius 3 is 1.24 bits per heavy atom. The van der Waals surface area contributed by atoms with Gasteiger partial charge in [-0.05, 0) is 38.5 Å². The molecule has 33 heavy (non-hydrogen) atoms. The summed E-state index contributed by atoms with van der Waals surface area (Å²) in [6.45, 7) is 4.27. The van der Waals surface area contributed by atoms with Gasteiger partial charge in [0.1, 0.15) is 19.8 Å². The summed E-state index contributed by atoms with van der Waals surface area (Å²) < 4.78 is 16.6. The fourth-order valence-corrected chi connectivity index (χ4v) is 3.92. The van der Waals surface area contributed by atoms with Gasteiger partial charge < -0.3 is 14.2 Å². The number of hydrogen-bond acceptors (Lipinski definition) is 6. The van der Waals surface area contributed by atoms with Crippen LogP contribution >= 0.6 is 31.9 Å². The minimum atomic E-state index is -0.726. The molecule has 0 N–H and O–H groups in total. The average Bonchev–Trinajstić information content (AvgIpc) is 2.82. The molecule has 0 bridgehead atoms. The van der Waals surface area contributed by atoms with E-state index in [1.54, 1.807) is 0 Å². The van der Waals surface area contributed by atoms with E-state index in [1.165, 1.54) is 0 Å². The SMILES string of the molecule is CCCCCCC(=O)OCC(CC)(COC(=O)CCCCCBr)COC(=O)CCCCCBr. The molecule has 0 saturated heterocycles. The van der Waals surface area contributed by atoms with Crippen molar-refractivity contribution in [1.29, 1.82) is 0 Å². The highest BCUT2D eigenvalue weighted by Crippen LogP contribution is 2.25. The third-order valence-electron chi connectivity index (χ3n) is 5.63. The van der Waals surface area contributed by atoms with Gasteiger partial charge in [-0.3, -0.25) is 14.4 Å². The first kappa shape index (κ1) is 32.4. The Kier molecular flexibility index (Phi) is 21.5. The lowest BCUT2D eigenvalue weighted by Gasteiger charge is -2.31. The van der Waals surface area contributed by atoms with Gasteiger partial charge in [-0.15, -0.1) is 0 Å². The lowest BCUT2D eigenvalue weighted by Crippen LogP contribution is -2.39. The van der Waals surface area contributed by atoms with Crippen LogP contribution in [0.4, 0.5) is 0 Å². The van der Waals surface area contributed by atoms with Crippen LogP contribution in [0.2, 0.25) is 0 Å². The van der Waals surface area contributed by atoms with Crippen molar-refractivity contribution >= 4 is 49.8 Å². The van der Waals surface area contributed by atoms with Crippen LogP contribution in [-0.4, -0.2) is 48.4 Å². The maximum absolute atomic E-state index is 12.2. The number of ether oxygens (including phenoxy) is 3. The van der Waals surface area contributed by atoms with Crippen molar-refractivity contribution in [2.45, 2.75) is 104 Å². The van der Waals surface area contributed by atoms with Crippen molar-refractivity contribution in [2.24, 2.45) is 5.41 Å². The molecule has 0 aromatic rings. The van der Waals surface area contributed by atoms with E-state index in [4.69, 9.17) is 14.2 Å². The Balaban J connectivity index is 4.78. The summed E-state index contributed by atoms with van der Waals surface area (Å²) in [5.74, 6) is -0.796. The molecule has 194 valence electrons. The van der Waals surface area contributed by atoms with E-state index < -0.39 is 5.41 Å². The maximum Gasteiger partial charge on any atom is 0.305 e. The van der Waals surface area contributed by atoms with E-state index in [-0.39, 0.29) is 37.7 Å². The smallest absolute Gasteiger partial charge is 0.305 e. The van der Waals surface area contributed by atoms with E-state index in [9.17, 15) is 14.4 Å². The Bertz CT molecular complexity index is 458. The minimum absolute atomic E-state index is 0.0702. The highest BCUT2D eigenvalue weighted by atomic mass is 79.9. The zero-order valence-electron chi connectivity index (χ0n) is 20.6. The molecule has 0 fully saturated rings. The number of carbonyl (C=O) groups is 3. The summed E-state index contributed by atoms with van der Waals surface area (Å²) >= 11 is 6.77. The number of rotatable bonds is 22. The van der Waals surface area contributed by atoms with Crippen LogP contribution in [0.5, 0.6) is 0 Å². The Hall–Kier alpha value is -0.630. The van der Waals surface area contributed by atoms with Gasteiger partial charge in [-0.25, -0.2) is 0 Å². The molecule has 0 radical (unpaired) electrons. The number of carbonyl (C=O) groups excluding carboxylic acids is 3. The molecular weight excluding hydrogens is 556 g/mol. The van der Waals surface area contributed by atoms with E-state index >= 15 is 0 Å². The standard InChI is InChI=1S/C25H44Br2O6/c1-3-5-6-9-14-22(28)31-19-25(4-2,20-32-23(29)15-10-7-12-17-26)21-33-24(30)16-11-8-13-18-27/h3-21H2,1-2H3. The van der Waals surface area contributed by atoms with Crippen molar-refractivity contribution in [3.8, 4) is 0 Å². The lowest BCUT2D eigenvalue weighted by molar-refractivity contribution is -0.162. The summed E-state index contributed by atoms with van der Waals surface area (Å²) in [6.07, 6.45) is 11.2. The summed E-state index contributed by atoms with van der Waals surface area (Å²) in [7, 11) is 0. The van der Waals surface area contributed by atoms with Gasteiger partial charge in [0.2, 0.25) is 0 Å². The van der Waals surface area contributed by atoms with Crippen molar-refractivity contribution in [1.82, 2.24) is 0 Å². The van der Waals surface area contributed by atoms with Crippen molar-refractivity contribution < 1.29 is 28.6 Å². The largest absolute Gasteiger partial charge is 0.465 e. The third-order valence-corrected chi connectivity index (χ3v) is 6.75. The number of hydrogen-bond donors (Lipinski definition) is 0. The first-order valence-electron chi connectivity index (χ1n) is 12.5. The van der Waals surface area contributed by atoms with E-state index in [0.717, 1.165) is 74.9 Å². The quantitative estimate of drug-likeness (QED) is 0.0583. The second kappa shape index (κ2) is 21.9. The fourth-order valence-electron chi connectivity index (χ4n) is 3.13. The number of esters is 3. The van der Waals surface area contributed by atoms with Crippen LogP contribution in [0, 0.1) is 5.41 Å². The van der Waals surface area contributed by atoms with Crippen LogP contribution < -0.4 is 0 Å². The van der Waals surface area contributed by atoms with Crippen LogP contribution in [0.3, 0.4) is 0 Å². The van der Waals surface area contributed by atoms with Gasteiger partial charge in [-0.1, -0.05) is 77.8 Å². The molecule has 0 heterocycles. The van der Waals surface area contributed by atoms with Gasteiger partial charge in [0.25, 0.3) is 0 Å². The predicted octanol–water partition coefficient (Wildman–Crippen LogP) is 6.89. The van der Waals surface area contributed by atoms with E-state index in [0.29, 0.717) is 25.7 Å². The molecule has 8 heteroatoms. The molecule has 0 amide bonds. The first-order chi connectivity index (χ1) is 15.9. The number of halogens is 2. The molecule has 6 nitrogen and oxygen atoms in total. The predicted molar refractivity (Wildman–Crippen MR) is 139 cm³/mol. The summed E-state index contributed by atoms with van der Waals surface area (Å²) in [6, 6.07) is 0. The molecule has 0 aliphatic rings. The molecule has 0 aliphatic carbocycles. The number of alkyl halides is 2. The van der Waals surface area contributed by atoms with E-state index in [1.807, 2.05) is 6.92 Å². The monoisotopic (exact) mass is 598 g/mol. The zero-order chi connectivity index (χ0) is 24.8. The topological polar surface area (TPSA) is 78.9 Å².